The van der Waals surface area contributed by atoms with E-state index in [2.05, 4.69) is 10.3 Å². The van der Waals surface area contributed by atoms with E-state index >= 15 is 0 Å². The molecule has 3 amide bonds. The monoisotopic (exact) mass is 421 g/mol. The highest BCUT2D eigenvalue weighted by atomic mass is 16.2. The molecule has 0 aliphatic heterocycles. The Morgan fingerprint density at radius 2 is 1.68 bits per heavy atom. The number of hydrogen-bond acceptors (Lipinski definition) is 4. The number of amides is 3. The van der Waals surface area contributed by atoms with Crippen LogP contribution < -0.4 is 16.0 Å². The first-order valence-electron chi connectivity index (χ1n) is 10.2. The Kier molecular flexibility index (Phi) is 6.39. The molecule has 0 atom stereocenters. The Bertz CT molecular complexity index is 1130. The van der Waals surface area contributed by atoms with Crippen LogP contribution in [0.2, 0.25) is 0 Å². The number of pyridine rings is 1. The molecule has 2 aromatic heterocycles. The number of nitrogens with zero attached hydrogens (tertiary/aromatic N) is 3. The highest BCUT2D eigenvalue weighted by Crippen LogP contribution is 2.25. The van der Waals surface area contributed by atoms with Gasteiger partial charge in [-0.25, -0.2) is 4.98 Å². The van der Waals surface area contributed by atoms with Gasteiger partial charge in [-0.1, -0.05) is 13.8 Å². The average molecular weight is 422 g/mol. The average Bonchev–Trinajstić information content (AvgIpc) is 3.09. The molecule has 0 saturated heterocycles. The van der Waals surface area contributed by atoms with Crippen LogP contribution in [0.3, 0.4) is 0 Å². The van der Waals surface area contributed by atoms with Crippen LogP contribution in [0.1, 0.15) is 53.1 Å². The predicted molar refractivity (Wildman–Crippen MR) is 120 cm³/mol. The molecule has 0 radical (unpaired) electrons. The lowest BCUT2D eigenvalue weighted by molar-refractivity contribution is -0.122. The fourth-order valence-electron chi connectivity index (χ4n) is 3.63. The third-order valence-corrected chi connectivity index (χ3v) is 5.43. The Hall–Kier alpha value is -3.68. The minimum Gasteiger partial charge on any atom is -0.366 e. The lowest BCUT2D eigenvalue weighted by atomic mass is 10.0. The zero-order valence-corrected chi connectivity index (χ0v) is 18.2. The summed E-state index contributed by atoms with van der Waals surface area (Å²) in [5, 5.41) is 2.80. The van der Waals surface area contributed by atoms with Crippen LogP contribution in [-0.2, 0) is 4.79 Å². The van der Waals surface area contributed by atoms with Crippen LogP contribution in [0.25, 0.3) is 5.65 Å². The van der Waals surface area contributed by atoms with Gasteiger partial charge in [0.15, 0.2) is 0 Å². The van der Waals surface area contributed by atoms with Gasteiger partial charge in [0.25, 0.3) is 5.91 Å². The quantitative estimate of drug-likeness (QED) is 0.609. The molecule has 8 nitrogen and oxygen atoms in total. The summed E-state index contributed by atoms with van der Waals surface area (Å²) in [5.41, 5.74) is 7.92. The SMILES string of the molecule is CCC(CC)C(=O)N(C)c1c(C)nc2ccc(C(=O)Nc3ccc(C(N)=O)cc3)cn12. The number of imidazole rings is 1. The second-order valence-electron chi connectivity index (χ2n) is 7.47. The number of aromatic nitrogens is 2. The molecule has 0 aliphatic carbocycles. The first-order valence-corrected chi connectivity index (χ1v) is 10.2. The third-order valence-electron chi connectivity index (χ3n) is 5.43. The Balaban J connectivity index is 1.91. The van der Waals surface area contributed by atoms with Crippen molar-refractivity contribution in [2.45, 2.75) is 33.6 Å². The van der Waals surface area contributed by atoms with Gasteiger partial charge in [0.2, 0.25) is 11.8 Å². The van der Waals surface area contributed by atoms with Gasteiger partial charge < -0.3 is 11.1 Å². The molecule has 31 heavy (non-hydrogen) atoms. The number of nitrogens with two attached hydrogens (primary N) is 1. The van der Waals surface area contributed by atoms with Crippen molar-refractivity contribution >= 4 is 34.9 Å². The molecule has 8 heteroatoms. The lowest BCUT2D eigenvalue weighted by Gasteiger charge is -2.22. The molecule has 0 aliphatic rings. The van der Waals surface area contributed by atoms with Crippen molar-refractivity contribution in [2.75, 3.05) is 17.3 Å². The maximum absolute atomic E-state index is 12.9. The predicted octanol–water partition coefficient (Wildman–Crippen LogP) is 3.39. The van der Waals surface area contributed by atoms with E-state index in [0.29, 0.717) is 34.0 Å². The number of fused-ring (bicyclic) bond motifs is 1. The number of benzene rings is 1. The Labute approximate surface area is 181 Å². The van der Waals surface area contributed by atoms with Gasteiger partial charge in [-0.05, 0) is 56.2 Å². The van der Waals surface area contributed by atoms with Gasteiger partial charge in [0.1, 0.15) is 11.5 Å². The summed E-state index contributed by atoms with van der Waals surface area (Å²) >= 11 is 0. The zero-order chi connectivity index (χ0) is 22.7. The number of primary amides is 1. The zero-order valence-electron chi connectivity index (χ0n) is 18.2. The van der Waals surface area contributed by atoms with Crippen LogP contribution in [0.15, 0.2) is 42.6 Å². The van der Waals surface area contributed by atoms with E-state index in [9.17, 15) is 14.4 Å². The first kappa shape index (κ1) is 22.0. The Morgan fingerprint density at radius 3 is 2.26 bits per heavy atom. The van der Waals surface area contributed by atoms with E-state index in [1.165, 1.54) is 0 Å². The molecular formula is C23H27N5O3. The van der Waals surface area contributed by atoms with Gasteiger partial charge >= 0.3 is 0 Å². The maximum Gasteiger partial charge on any atom is 0.257 e. The molecule has 0 bridgehead atoms. The van der Waals surface area contributed by atoms with Crippen LogP contribution in [0, 0.1) is 12.8 Å². The molecule has 3 rings (SSSR count). The van der Waals surface area contributed by atoms with Crippen LogP contribution in [0.5, 0.6) is 0 Å². The standard InChI is InChI=1S/C23H27N5O3/c1-5-15(6-2)23(31)27(4)22-14(3)25-19-12-9-17(13-28(19)22)21(30)26-18-10-7-16(8-11-18)20(24)29/h7-13,15H,5-6H2,1-4H3,(H2,24,29)(H,26,30). The van der Waals surface area contributed by atoms with Crippen LogP contribution in [-0.4, -0.2) is 34.2 Å². The number of rotatable bonds is 7. The van der Waals surface area contributed by atoms with E-state index in [1.807, 2.05) is 20.8 Å². The molecule has 0 spiro atoms. The van der Waals surface area contributed by atoms with Crippen LogP contribution >= 0.6 is 0 Å². The van der Waals surface area contributed by atoms with Gasteiger partial charge in [-0.15, -0.1) is 0 Å². The van der Waals surface area contributed by atoms with Gasteiger partial charge in [0.05, 0.1) is 11.3 Å². The summed E-state index contributed by atoms with van der Waals surface area (Å²) in [5.74, 6) is -0.241. The largest absolute Gasteiger partial charge is 0.366 e. The van der Waals surface area contributed by atoms with Crippen LogP contribution in [0.4, 0.5) is 11.5 Å². The number of carbonyl (C=O) groups excluding carboxylic acids is 3. The summed E-state index contributed by atoms with van der Waals surface area (Å²) in [7, 11) is 1.74. The van der Waals surface area contributed by atoms with Gasteiger partial charge in [-0.2, -0.15) is 0 Å². The van der Waals surface area contributed by atoms with E-state index in [-0.39, 0.29) is 17.7 Å². The number of carbonyl (C=O) groups is 3. The minimum atomic E-state index is -0.529. The topological polar surface area (TPSA) is 110 Å². The normalized spacial score (nSPS) is 11.0. The fraction of sp³-hybridized carbons (Fsp3) is 0.304. The van der Waals surface area contributed by atoms with E-state index in [0.717, 1.165) is 12.8 Å². The molecule has 0 unspecified atom stereocenters. The highest BCUT2D eigenvalue weighted by Gasteiger charge is 2.24. The summed E-state index contributed by atoms with van der Waals surface area (Å²) < 4.78 is 1.76. The van der Waals surface area contributed by atoms with Crippen molar-refractivity contribution in [1.29, 1.82) is 0 Å². The first-order chi connectivity index (χ1) is 14.8. The second kappa shape index (κ2) is 8.99. The third kappa shape index (κ3) is 4.42. The Morgan fingerprint density at radius 1 is 1.06 bits per heavy atom. The summed E-state index contributed by atoms with van der Waals surface area (Å²) in [6, 6.07) is 9.77. The van der Waals surface area contributed by atoms with Gasteiger partial charge in [0, 0.05) is 30.4 Å². The molecule has 2 heterocycles. The maximum atomic E-state index is 12.9. The molecular weight excluding hydrogens is 394 g/mol. The number of hydrogen-bond donors (Lipinski definition) is 2. The van der Waals surface area contributed by atoms with E-state index in [1.54, 1.807) is 58.9 Å². The van der Waals surface area contributed by atoms with E-state index < -0.39 is 5.91 Å². The molecule has 3 aromatic rings. The molecule has 1 aromatic carbocycles. The lowest BCUT2D eigenvalue weighted by Crippen LogP contribution is -2.33. The van der Waals surface area contributed by atoms with Crippen molar-refractivity contribution in [2.24, 2.45) is 11.7 Å². The summed E-state index contributed by atoms with van der Waals surface area (Å²) in [4.78, 5) is 43.0. The molecule has 0 saturated carbocycles. The van der Waals surface area contributed by atoms with Crippen molar-refractivity contribution in [3.8, 4) is 0 Å². The second-order valence-corrected chi connectivity index (χ2v) is 7.47. The van der Waals surface area contributed by atoms with Crippen molar-refractivity contribution < 1.29 is 14.4 Å². The summed E-state index contributed by atoms with van der Waals surface area (Å²) in [6.45, 7) is 5.85. The number of aryl methyl sites for hydroxylation is 1. The number of anilines is 2. The van der Waals surface area contributed by atoms with Crippen molar-refractivity contribution in [3.05, 3.63) is 59.4 Å². The van der Waals surface area contributed by atoms with Crippen molar-refractivity contribution in [3.63, 3.8) is 0 Å². The molecule has 3 N–H and O–H groups in total. The van der Waals surface area contributed by atoms with Gasteiger partial charge in [-0.3, -0.25) is 23.7 Å². The number of nitrogens with one attached hydrogen (secondary N) is 1. The van der Waals surface area contributed by atoms with E-state index in [4.69, 9.17) is 5.73 Å². The molecule has 0 fully saturated rings. The fourth-order valence-corrected chi connectivity index (χ4v) is 3.63. The molecule has 162 valence electrons. The minimum absolute atomic E-state index is 0.0271. The summed E-state index contributed by atoms with van der Waals surface area (Å²) in [6.07, 6.45) is 3.20. The van der Waals surface area contributed by atoms with Crippen molar-refractivity contribution in [1.82, 2.24) is 9.38 Å². The smallest absolute Gasteiger partial charge is 0.257 e. The highest BCUT2D eigenvalue weighted by molar-refractivity contribution is 6.04.